The molecule has 1 aliphatic heterocycles. The number of aryl methyl sites for hydroxylation is 1. The predicted molar refractivity (Wildman–Crippen MR) is 112 cm³/mol. The standard InChI is InChI=1S/C22H30ClN3O3/c1-21(2,3)20-25-19(29-26-20)6-4-5-18(27)24-15-22(11-13-28-14-12-22)16-7-9-17(23)10-8-16/h7-10H,4-6,11-15H2,1-3H3,(H,24,27). The van der Waals surface area contributed by atoms with Gasteiger partial charge in [-0.15, -0.1) is 0 Å². The van der Waals surface area contributed by atoms with Crippen LogP contribution < -0.4 is 5.32 Å². The number of nitrogens with zero attached hydrogens (tertiary/aromatic N) is 2. The molecule has 0 saturated carbocycles. The number of hydrogen-bond donors (Lipinski definition) is 1. The minimum Gasteiger partial charge on any atom is -0.381 e. The van der Waals surface area contributed by atoms with Crippen molar-refractivity contribution >= 4 is 17.5 Å². The molecule has 2 heterocycles. The normalized spacial score (nSPS) is 16.6. The first-order valence-corrected chi connectivity index (χ1v) is 10.6. The van der Waals surface area contributed by atoms with Crippen LogP contribution in [-0.2, 0) is 26.8 Å². The van der Waals surface area contributed by atoms with E-state index < -0.39 is 0 Å². The predicted octanol–water partition coefficient (Wildman–Crippen LogP) is 4.21. The number of aromatic nitrogens is 2. The van der Waals surface area contributed by atoms with E-state index in [2.05, 4.69) is 27.6 Å². The van der Waals surface area contributed by atoms with Gasteiger partial charge >= 0.3 is 0 Å². The highest BCUT2D eigenvalue weighted by Crippen LogP contribution is 2.35. The lowest BCUT2D eigenvalue weighted by atomic mass is 9.74. The first kappa shape index (κ1) is 21.8. The number of hydrogen-bond acceptors (Lipinski definition) is 5. The Morgan fingerprint density at radius 1 is 1.21 bits per heavy atom. The van der Waals surface area contributed by atoms with Crippen LogP contribution in [0, 0.1) is 0 Å². The molecule has 1 aromatic carbocycles. The summed E-state index contributed by atoms with van der Waals surface area (Å²) < 4.78 is 10.8. The zero-order valence-electron chi connectivity index (χ0n) is 17.5. The summed E-state index contributed by atoms with van der Waals surface area (Å²) in [6.07, 6.45) is 3.47. The van der Waals surface area contributed by atoms with Crippen LogP contribution in [0.2, 0.25) is 5.02 Å². The van der Waals surface area contributed by atoms with Crippen LogP contribution >= 0.6 is 11.6 Å². The van der Waals surface area contributed by atoms with Crippen molar-refractivity contribution in [3.05, 3.63) is 46.6 Å². The van der Waals surface area contributed by atoms with Crippen LogP contribution in [-0.4, -0.2) is 35.8 Å². The van der Waals surface area contributed by atoms with E-state index in [9.17, 15) is 4.79 Å². The Labute approximate surface area is 177 Å². The van der Waals surface area contributed by atoms with Crippen molar-refractivity contribution in [2.24, 2.45) is 0 Å². The Hall–Kier alpha value is -1.92. The van der Waals surface area contributed by atoms with Crippen molar-refractivity contribution in [1.82, 2.24) is 15.5 Å². The van der Waals surface area contributed by atoms with Gasteiger partial charge in [0, 0.05) is 48.5 Å². The van der Waals surface area contributed by atoms with Gasteiger partial charge in [0.15, 0.2) is 5.82 Å². The molecule has 7 heteroatoms. The third-order valence-corrected chi connectivity index (χ3v) is 5.72. The molecule has 0 radical (unpaired) electrons. The lowest BCUT2D eigenvalue weighted by molar-refractivity contribution is -0.121. The van der Waals surface area contributed by atoms with E-state index in [0.717, 1.165) is 17.9 Å². The fourth-order valence-corrected chi connectivity index (χ4v) is 3.68. The highest BCUT2D eigenvalue weighted by molar-refractivity contribution is 6.30. The minimum absolute atomic E-state index is 0.0420. The number of amides is 1. The number of rotatable bonds is 7. The molecule has 2 aromatic rings. The molecule has 0 aliphatic carbocycles. The van der Waals surface area contributed by atoms with Crippen molar-refractivity contribution in [3.8, 4) is 0 Å². The molecule has 158 valence electrons. The van der Waals surface area contributed by atoms with Gasteiger partial charge < -0.3 is 14.6 Å². The SMILES string of the molecule is CC(C)(C)c1noc(CCCC(=O)NCC2(c3ccc(Cl)cc3)CCOCC2)n1. The maximum Gasteiger partial charge on any atom is 0.226 e. The van der Waals surface area contributed by atoms with Gasteiger partial charge in [-0.1, -0.05) is 49.7 Å². The third-order valence-electron chi connectivity index (χ3n) is 5.46. The topological polar surface area (TPSA) is 77.2 Å². The maximum atomic E-state index is 12.4. The molecule has 0 atom stereocenters. The zero-order valence-corrected chi connectivity index (χ0v) is 18.2. The first-order chi connectivity index (χ1) is 13.8. The van der Waals surface area contributed by atoms with Crippen LogP contribution in [0.3, 0.4) is 0 Å². The van der Waals surface area contributed by atoms with Crippen molar-refractivity contribution < 1.29 is 14.1 Å². The summed E-state index contributed by atoms with van der Waals surface area (Å²) in [4.78, 5) is 16.9. The zero-order chi connectivity index (χ0) is 20.9. The number of ether oxygens (including phenoxy) is 1. The number of benzene rings is 1. The van der Waals surface area contributed by atoms with E-state index in [0.29, 0.717) is 50.7 Å². The minimum atomic E-state index is -0.140. The summed E-state index contributed by atoms with van der Waals surface area (Å²) >= 11 is 6.05. The van der Waals surface area contributed by atoms with Gasteiger partial charge in [-0.25, -0.2) is 0 Å². The summed E-state index contributed by atoms with van der Waals surface area (Å²) in [6, 6.07) is 7.93. The summed E-state index contributed by atoms with van der Waals surface area (Å²) in [6.45, 7) is 8.13. The Morgan fingerprint density at radius 2 is 1.90 bits per heavy atom. The van der Waals surface area contributed by atoms with E-state index in [1.54, 1.807) is 0 Å². The Balaban J connectivity index is 1.51. The number of carbonyl (C=O) groups is 1. The molecule has 0 spiro atoms. The summed E-state index contributed by atoms with van der Waals surface area (Å²) in [5, 5.41) is 7.87. The molecule has 1 aliphatic rings. The maximum absolute atomic E-state index is 12.4. The van der Waals surface area contributed by atoms with Crippen molar-refractivity contribution in [3.63, 3.8) is 0 Å². The van der Waals surface area contributed by atoms with Gasteiger partial charge in [-0.3, -0.25) is 4.79 Å². The molecular formula is C22H30ClN3O3. The van der Waals surface area contributed by atoms with Gasteiger partial charge in [0.25, 0.3) is 0 Å². The summed E-state index contributed by atoms with van der Waals surface area (Å²) in [5.41, 5.74) is 0.955. The van der Waals surface area contributed by atoms with Gasteiger partial charge in [-0.05, 0) is 37.0 Å². The van der Waals surface area contributed by atoms with Crippen LogP contribution in [0.1, 0.15) is 63.7 Å². The second-order valence-electron chi connectivity index (χ2n) is 8.79. The second-order valence-corrected chi connectivity index (χ2v) is 9.23. The van der Waals surface area contributed by atoms with Crippen LogP contribution in [0.15, 0.2) is 28.8 Å². The molecule has 1 saturated heterocycles. The fourth-order valence-electron chi connectivity index (χ4n) is 3.55. The second kappa shape index (κ2) is 9.26. The number of halogens is 1. The van der Waals surface area contributed by atoms with Gasteiger partial charge in [0.05, 0.1) is 0 Å². The number of carbonyl (C=O) groups excluding carboxylic acids is 1. The first-order valence-electron chi connectivity index (χ1n) is 10.2. The summed E-state index contributed by atoms with van der Waals surface area (Å²) in [7, 11) is 0. The average molecular weight is 420 g/mol. The van der Waals surface area contributed by atoms with E-state index in [-0.39, 0.29) is 16.7 Å². The quantitative estimate of drug-likeness (QED) is 0.727. The average Bonchev–Trinajstić information content (AvgIpc) is 3.17. The molecule has 1 aromatic heterocycles. The van der Waals surface area contributed by atoms with Gasteiger partial charge in [-0.2, -0.15) is 4.98 Å². The molecule has 1 amide bonds. The van der Waals surface area contributed by atoms with Gasteiger partial charge in [0.1, 0.15) is 0 Å². The van der Waals surface area contributed by atoms with Crippen molar-refractivity contribution in [1.29, 1.82) is 0 Å². The lowest BCUT2D eigenvalue weighted by Crippen LogP contribution is -2.44. The van der Waals surface area contributed by atoms with Crippen molar-refractivity contribution in [2.75, 3.05) is 19.8 Å². The molecule has 1 fully saturated rings. The molecular weight excluding hydrogens is 390 g/mol. The van der Waals surface area contributed by atoms with E-state index >= 15 is 0 Å². The third kappa shape index (κ3) is 5.80. The molecule has 0 unspecified atom stereocenters. The molecule has 3 rings (SSSR count). The van der Waals surface area contributed by atoms with Crippen LogP contribution in [0.5, 0.6) is 0 Å². The van der Waals surface area contributed by atoms with E-state index in [1.807, 2.05) is 32.9 Å². The Bertz CT molecular complexity index is 805. The lowest BCUT2D eigenvalue weighted by Gasteiger charge is -2.38. The smallest absolute Gasteiger partial charge is 0.226 e. The van der Waals surface area contributed by atoms with Gasteiger partial charge in [0.2, 0.25) is 11.8 Å². The molecule has 1 N–H and O–H groups in total. The van der Waals surface area contributed by atoms with E-state index in [1.165, 1.54) is 5.56 Å². The monoisotopic (exact) mass is 419 g/mol. The largest absolute Gasteiger partial charge is 0.381 e. The van der Waals surface area contributed by atoms with Crippen LogP contribution in [0.25, 0.3) is 0 Å². The number of nitrogens with one attached hydrogen (secondary N) is 1. The Kier molecular flexibility index (Phi) is 6.96. The Morgan fingerprint density at radius 3 is 2.52 bits per heavy atom. The molecule has 0 bridgehead atoms. The van der Waals surface area contributed by atoms with E-state index in [4.69, 9.17) is 20.9 Å². The molecule has 29 heavy (non-hydrogen) atoms. The fraction of sp³-hybridized carbons (Fsp3) is 0.591. The molecule has 6 nitrogen and oxygen atoms in total. The van der Waals surface area contributed by atoms with Crippen molar-refractivity contribution in [2.45, 2.75) is 63.7 Å². The highest BCUT2D eigenvalue weighted by Gasteiger charge is 2.34. The van der Waals surface area contributed by atoms with Crippen LogP contribution in [0.4, 0.5) is 0 Å². The summed E-state index contributed by atoms with van der Waals surface area (Å²) in [5.74, 6) is 1.33. The highest BCUT2D eigenvalue weighted by atomic mass is 35.5.